The van der Waals surface area contributed by atoms with Crippen LogP contribution in [0.15, 0.2) is 29.2 Å². The lowest BCUT2D eigenvalue weighted by Gasteiger charge is -2.34. The molecule has 150 valence electrons. The molecule has 0 spiro atoms. The van der Waals surface area contributed by atoms with E-state index in [2.05, 4.69) is 5.32 Å². The Labute approximate surface area is 161 Å². The summed E-state index contributed by atoms with van der Waals surface area (Å²) in [5.41, 5.74) is 5.64. The number of ether oxygens (including phenoxy) is 1. The summed E-state index contributed by atoms with van der Waals surface area (Å²) in [6.07, 6.45) is 5.11. The number of amides is 1. The van der Waals surface area contributed by atoms with E-state index in [1.165, 1.54) is 4.31 Å². The van der Waals surface area contributed by atoms with E-state index in [1.54, 1.807) is 31.4 Å². The van der Waals surface area contributed by atoms with E-state index in [0.717, 1.165) is 25.7 Å². The van der Waals surface area contributed by atoms with Crippen molar-refractivity contribution in [2.75, 3.05) is 26.7 Å². The minimum atomic E-state index is -3.55. The van der Waals surface area contributed by atoms with Gasteiger partial charge in [0.2, 0.25) is 15.9 Å². The standard InChI is InChI=1S/C19H29N3O4S/c1-26-16-4-6-17(7-5-16)27(24,25)22-12-8-15(9-13-22)18(23)21-19(14-20)10-2-3-11-19/h4-7,15H,2-3,8-14,20H2,1H3,(H,21,23). The number of carbonyl (C=O) groups excluding carboxylic acids is 1. The van der Waals surface area contributed by atoms with Gasteiger partial charge in [0, 0.05) is 25.6 Å². The Morgan fingerprint density at radius 3 is 2.33 bits per heavy atom. The number of nitrogens with two attached hydrogens (primary N) is 1. The summed E-state index contributed by atoms with van der Waals surface area (Å²) in [5, 5.41) is 3.16. The van der Waals surface area contributed by atoms with E-state index >= 15 is 0 Å². The van der Waals surface area contributed by atoms with Crippen molar-refractivity contribution >= 4 is 15.9 Å². The van der Waals surface area contributed by atoms with Crippen molar-refractivity contribution < 1.29 is 17.9 Å². The Hall–Kier alpha value is -1.64. The number of sulfonamides is 1. The van der Waals surface area contributed by atoms with Gasteiger partial charge in [0.15, 0.2) is 0 Å². The van der Waals surface area contributed by atoms with Gasteiger partial charge >= 0.3 is 0 Å². The minimum Gasteiger partial charge on any atom is -0.497 e. The normalized spacial score (nSPS) is 21.1. The molecule has 3 N–H and O–H groups in total. The third-order valence-corrected chi connectivity index (χ3v) is 7.77. The van der Waals surface area contributed by atoms with Crippen molar-refractivity contribution in [3.05, 3.63) is 24.3 Å². The first kappa shape index (κ1) is 20.1. The quantitative estimate of drug-likeness (QED) is 0.760. The van der Waals surface area contributed by atoms with Crippen LogP contribution in [-0.4, -0.2) is 50.9 Å². The van der Waals surface area contributed by atoms with E-state index in [0.29, 0.717) is 38.2 Å². The average molecular weight is 396 g/mol. The molecule has 1 heterocycles. The Morgan fingerprint density at radius 1 is 1.22 bits per heavy atom. The van der Waals surface area contributed by atoms with Gasteiger partial charge in [-0.15, -0.1) is 0 Å². The van der Waals surface area contributed by atoms with Gasteiger partial charge in [-0.25, -0.2) is 8.42 Å². The molecule has 3 rings (SSSR count). The van der Waals surface area contributed by atoms with Crippen LogP contribution in [0.25, 0.3) is 0 Å². The number of nitrogens with zero attached hydrogens (tertiary/aromatic N) is 1. The fraction of sp³-hybridized carbons (Fsp3) is 0.632. The van der Waals surface area contributed by atoms with Crippen molar-refractivity contribution in [2.45, 2.75) is 49.0 Å². The Kier molecular flexibility index (Phi) is 6.08. The second-order valence-electron chi connectivity index (χ2n) is 7.53. The van der Waals surface area contributed by atoms with Crippen molar-refractivity contribution in [1.82, 2.24) is 9.62 Å². The second-order valence-corrected chi connectivity index (χ2v) is 9.47. The van der Waals surface area contributed by atoms with Gasteiger partial charge in [-0.2, -0.15) is 4.31 Å². The van der Waals surface area contributed by atoms with Gasteiger partial charge in [0.1, 0.15) is 5.75 Å². The van der Waals surface area contributed by atoms with Crippen LogP contribution >= 0.6 is 0 Å². The highest BCUT2D eigenvalue weighted by atomic mass is 32.2. The number of benzene rings is 1. The topological polar surface area (TPSA) is 102 Å². The highest BCUT2D eigenvalue weighted by Gasteiger charge is 2.37. The molecule has 0 unspecified atom stereocenters. The maximum atomic E-state index is 12.8. The van der Waals surface area contributed by atoms with Crippen LogP contribution in [-0.2, 0) is 14.8 Å². The lowest BCUT2D eigenvalue weighted by atomic mass is 9.93. The smallest absolute Gasteiger partial charge is 0.243 e. The Morgan fingerprint density at radius 2 is 1.81 bits per heavy atom. The summed E-state index contributed by atoms with van der Waals surface area (Å²) in [4.78, 5) is 12.9. The van der Waals surface area contributed by atoms with E-state index in [4.69, 9.17) is 10.5 Å². The molecule has 1 aromatic rings. The van der Waals surface area contributed by atoms with E-state index in [9.17, 15) is 13.2 Å². The molecule has 1 aliphatic heterocycles. The molecule has 1 saturated heterocycles. The molecular weight excluding hydrogens is 366 g/mol. The zero-order valence-electron chi connectivity index (χ0n) is 15.8. The molecule has 1 aromatic carbocycles. The first-order chi connectivity index (χ1) is 12.9. The number of piperidine rings is 1. The lowest BCUT2D eigenvalue weighted by molar-refractivity contribution is -0.128. The van der Waals surface area contributed by atoms with E-state index in [-0.39, 0.29) is 22.3 Å². The number of hydrogen-bond acceptors (Lipinski definition) is 5. The molecule has 1 aliphatic carbocycles. The van der Waals surface area contributed by atoms with Crippen LogP contribution < -0.4 is 15.8 Å². The van der Waals surface area contributed by atoms with E-state index < -0.39 is 10.0 Å². The van der Waals surface area contributed by atoms with Crippen molar-refractivity contribution in [3.63, 3.8) is 0 Å². The highest BCUT2D eigenvalue weighted by molar-refractivity contribution is 7.89. The van der Waals surface area contributed by atoms with Crippen LogP contribution in [0.2, 0.25) is 0 Å². The average Bonchev–Trinajstić information content (AvgIpc) is 3.17. The SMILES string of the molecule is COc1ccc(S(=O)(=O)N2CCC(C(=O)NC3(CN)CCCC3)CC2)cc1. The van der Waals surface area contributed by atoms with Crippen LogP contribution in [0.3, 0.4) is 0 Å². The predicted molar refractivity (Wildman–Crippen MR) is 103 cm³/mol. The largest absolute Gasteiger partial charge is 0.497 e. The van der Waals surface area contributed by atoms with Crippen LogP contribution in [0.5, 0.6) is 5.75 Å². The number of carbonyl (C=O) groups is 1. The maximum absolute atomic E-state index is 12.8. The summed E-state index contributed by atoms with van der Waals surface area (Å²) < 4.78 is 32.2. The number of methoxy groups -OCH3 is 1. The molecule has 8 heteroatoms. The molecule has 2 fully saturated rings. The van der Waals surface area contributed by atoms with Crippen molar-refractivity contribution in [3.8, 4) is 5.75 Å². The molecule has 0 aromatic heterocycles. The zero-order chi connectivity index (χ0) is 19.5. The predicted octanol–water partition coefficient (Wildman–Crippen LogP) is 1.48. The molecule has 0 bridgehead atoms. The first-order valence-electron chi connectivity index (χ1n) is 9.56. The fourth-order valence-electron chi connectivity index (χ4n) is 4.05. The second kappa shape index (κ2) is 8.16. The van der Waals surface area contributed by atoms with Gasteiger partial charge in [-0.3, -0.25) is 4.79 Å². The van der Waals surface area contributed by atoms with E-state index in [1.807, 2.05) is 0 Å². The number of hydrogen-bond donors (Lipinski definition) is 2. The highest BCUT2D eigenvalue weighted by Crippen LogP contribution is 2.30. The number of nitrogens with one attached hydrogen (secondary N) is 1. The van der Waals surface area contributed by atoms with Gasteiger partial charge in [-0.05, 0) is 49.9 Å². The Balaban J connectivity index is 1.59. The number of rotatable bonds is 6. The monoisotopic (exact) mass is 395 g/mol. The van der Waals surface area contributed by atoms with Gasteiger partial charge in [0.25, 0.3) is 0 Å². The molecule has 2 aliphatic rings. The van der Waals surface area contributed by atoms with Gasteiger partial charge in [-0.1, -0.05) is 12.8 Å². The summed E-state index contributed by atoms with van der Waals surface area (Å²) in [6.45, 7) is 1.16. The molecular formula is C19H29N3O4S. The minimum absolute atomic E-state index is 0.0174. The summed E-state index contributed by atoms with van der Waals surface area (Å²) >= 11 is 0. The van der Waals surface area contributed by atoms with Crippen molar-refractivity contribution in [2.24, 2.45) is 11.7 Å². The van der Waals surface area contributed by atoms with Crippen LogP contribution in [0.1, 0.15) is 38.5 Å². The van der Waals surface area contributed by atoms with Crippen LogP contribution in [0, 0.1) is 5.92 Å². The summed E-state index contributed by atoms with van der Waals surface area (Å²) in [5.74, 6) is 0.477. The zero-order valence-corrected chi connectivity index (χ0v) is 16.6. The van der Waals surface area contributed by atoms with Gasteiger partial charge in [0.05, 0.1) is 17.5 Å². The third-order valence-electron chi connectivity index (χ3n) is 5.86. The maximum Gasteiger partial charge on any atom is 0.243 e. The van der Waals surface area contributed by atoms with Gasteiger partial charge < -0.3 is 15.8 Å². The summed E-state index contributed by atoms with van der Waals surface area (Å²) in [7, 11) is -2.01. The molecule has 27 heavy (non-hydrogen) atoms. The molecule has 1 amide bonds. The molecule has 7 nitrogen and oxygen atoms in total. The van der Waals surface area contributed by atoms with Crippen LogP contribution in [0.4, 0.5) is 0 Å². The lowest BCUT2D eigenvalue weighted by Crippen LogP contribution is -2.54. The third kappa shape index (κ3) is 4.28. The summed E-state index contributed by atoms with van der Waals surface area (Å²) in [6, 6.07) is 6.39. The molecule has 1 saturated carbocycles. The molecule has 0 radical (unpaired) electrons. The first-order valence-corrected chi connectivity index (χ1v) is 11.0. The van der Waals surface area contributed by atoms with Crippen molar-refractivity contribution in [1.29, 1.82) is 0 Å². The molecule has 0 atom stereocenters. The fourth-order valence-corrected chi connectivity index (χ4v) is 5.52. The Bertz CT molecular complexity index is 750.